The van der Waals surface area contributed by atoms with Crippen molar-refractivity contribution in [2.45, 2.75) is 25.9 Å². The van der Waals surface area contributed by atoms with Crippen molar-refractivity contribution < 1.29 is 27.5 Å². The minimum atomic E-state index is -3.44. The van der Waals surface area contributed by atoms with Gasteiger partial charge in [-0.2, -0.15) is 0 Å². The van der Waals surface area contributed by atoms with Gasteiger partial charge in [-0.3, -0.25) is 13.9 Å². The first kappa shape index (κ1) is 20.9. The van der Waals surface area contributed by atoms with E-state index in [4.69, 9.17) is 4.42 Å². The number of aryl methyl sites for hydroxylation is 2. The molecule has 156 valence electrons. The lowest BCUT2D eigenvalue weighted by molar-refractivity contribution is -0.136. The van der Waals surface area contributed by atoms with Crippen LogP contribution in [0.15, 0.2) is 34.7 Å². The Balaban J connectivity index is 1.64. The van der Waals surface area contributed by atoms with Gasteiger partial charge in [0, 0.05) is 12.2 Å². The molecule has 0 aliphatic carbocycles. The molecule has 1 aromatic heterocycles. The summed E-state index contributed by atoms with van der Waals surface area (Å²) >= 11 is 0. The molecule has 29 heavy (non-hydrogen) atoms. The molecule has 0 saturated heterocycles. The second kappa shape index (κ2) is 8.26. The molecule has 1 aromatic carbocycles. The molecule has 0 bridgehead atoms. The number of aliphatic hydroxyl groups is 1. The fourth-order valence-corrected chi connectivity index (χ4v) is 4.14. The van der Waals surface area contributed by atoms with Crippen LogP contribution in [0.3, 0.4) is 0 Å². The minimum absolute atomic E-state index is 0.189. The summed E-state index contributed by atoms with van der Waals surface area (Å²) in [5, 5.41) is 14.8. The molecule has 1 aliphatic heterocycles. The Morgan fingerprint density at radius 3 is 2.66 bits per heavy atom. The highest BCUT2D eigenvalue weighted by Gasteiger charge is 2.25. The molecule has 9 nitrogen and oxygen atoms in total. The second-order valence-electron chi connectivity index (χ2n) is 6.91. The van der Waals surface area contributed by atoms with Crippen LogP contribution in [0.1, 0.15) is 29.6 Å². The number of hydrogen-bond acceptors (Lipinski definition) is 6. The first-order valence-corrected chi connectivity index (χ1v) is 10.9. The number of anilines is 2. The number of nitrogens with zero attached hydrogens (tertiary/aromatic N) is 1. The topological polar surface area (TPSA) is 129 Å². The average molecular weight is 421 g/mol. The van der Waals surface area contributed by atoms with Crippen LogP contribution in [0.25, 0.3) is 0 Å². The van der Waals surface area contributed by atoms with Crippen LogP contribution in [-0.4, -0.2) is 44.7 Å². The van der Waals surface area contributed by atoms with Crippen molar-refractivity contribution in [3.8, 4) is 0 Å². The number of nitrogens with one attached hydrogen (secondary N) is 2. The molecule has 0 saturated carbocycles. The monoisotopic (exact) mass is 421 g/mol. The molecule has 2 aromatic rings. The Morgan fingerprint density at radius 1 is 1.24 bits per heavy atom. The first-order valence-electron chi connectivity index (χ1n) is 9.09. The Morgan fingerprint density at radius 2 is 2.00 bits per heavy atom. The van der Waals surface area contributed by atoms with Gasteiger partial charge in [0.1, 0.15) is 17.6 Å². The van der Waals surface area contributed by atoms with E-state index in [0.717, 1.165) is 18.2 Å². The number of aliphatic hydroxyl groups excluding tert-OH is 1. The average Bonchev–Trinajstić information content (AvgIpc) is 3.10. The second-order valence-corrected chi connectivity index (χ2v) is 8.82. The molecule has 3 N–H and O–H groups in total. The van der Waals surface area contributed by atoms with Gasteiger partial charge in [-0.1, -0.05) is 6.07 Å². The maximum absolute atomic E-state index is 12.2. The number of rotatable bonds is 5. The van der Waals surface area contributed by atoms with Crippen LogP contribution >= 0.6 is 0 Å². The van der Waals surface area contributed by atoms with Gasteiger partial charge >= 0.3 is 11.8 Å². The largest absolute Gasteiger partial charge is 0.464 e. The van der Waals surface area contributed by atoms with Crippen molar-refractivity contribution in [2.24, 2.45) is 0 Å². The minimum Gasteiger partial charge on any atom is -0.464 e. The fraction of sp³-hybridized carbons (Fsp3) is 0.368. The van der Waals surface area contributed by atoms with E-state index in [9.17, 15) is 23.1 Å². The van der Waals surface area contributed by atoms with Crippen molar-refractivity contribution in [1.29, 1.82) is 0 Å². The third kappa shape index (κ3) is 4.96. The van der Waals surface area contributed by atoms with Gasteiger partial charge in [0.2, 0.25) is 10.0 Å². The standard InChI is InChI=1S/C19H23N3O6S/c1-12-5-8-17(28-12)16(23)11-20-18(24)19(25)21-14-7-6-13-4-3-9-22(15(13)10-14)29(2,26)27/h5-8,10,16,23H,3-4,9,11H2,1-2H3,(H,20,24)(H,21,25)/t16-/m0/s1. The van der Waals surface area contributed by atoms with Gasteiger partial charge in [-0.05, 0) is 49.6 Å². The van der Waals surface area contributed by atoms with Gasteiger partial charge in [0.15, 0.2) is 0 Å². The van der Waals surface area contributed by atoms with Gasteiger partial charge in [0.05, 0.1) is 18.5 Å². The Kier molecular flexibility index (Phi) is 5.94. The van der Waals surface area contributed by atoms with Crippen molar-refractivity contribution in [3.05, 3.63) is 47.4 Å². The highest BCUT2D eigenvalue weighted by atomic mass is 32.2. The van der Waals surface area contributed by atoms with Crippen molar-refractivity contribution in [1.82, 2.24) is 5.32 Å². The molecule has 0 spiro atoms. The fourth-order valence-electron chi connectivity index (χ4n) is 3.15. The van der Waals surface area contributed by atoms with Gasteiger partial charge < -0.3 is 20.2 Å². The SMILES string of the molecule is Cc1ccc([C@@H](O)CNC(=O)C(=O)Nc2ccc3c(c2)N(S(C)(=O)=O)CCC3)o1. The van der Waals surface area contributed by atoms with Crippen LogP contribution in [0.5, 0.6) is 0 Å². The zero-order chi connectivity index (χ0) is 21.2. The molecule has 3 rings (SSSR count). The third-order valence-corrected chi connectivity index (χ3v) is 5.75. The highest BCUT2D eigenvalue weighted by molar-refractivity contribution is 7.92. The molecule has 0 radical (unpaired) electrons. The number of sulfonamides is 1. The smallest absolute Gasteiger partial charge is 0.313 e. The predicted octanol–water partition coefficient (Wildman–Crippen LogP) is 1.09. The number of amides is 2. The number of benzene rings is 1. The maximum Gasteiger partial charge on any atom is 0.313 e. The first-order chi connectivity index (χ1) is 13.6. The molecular weight excluding hydrogens is 398 g/mol. The normalized spacial score (nSPS) is 14.8. The number of carbonyl (C=O) groups is 2. The van der Waals surface area contributed by atoms with Crippen molar-refractivity contribution >= 4 is 33.2 Å². The molecule has 2 heterocycles. The maximum atomic E-state index is 12.2. The van der Waals surface area contributed by atoms with Crippen LogP contribution in [0.4, 0.5) is 11.4 Å². The van der Waals surface area contributed by atoms with E-state index in [0.29, 0.717) is 35.9 Å². The quantitative estimate of drug-likeness (QED) is 0.620. The summed E-state index contributed by atoms with van der Waals surface area (Å²) in [5.74, 6) is -0.933. The van der Waals surface area contributed by atoms with E-state index in [1.54, 1.807) is 37.3 Å². The number of hydrogen-bond donors (Lipinski definition) is 3. The lowest BCUT2D eigenvalue weighted by atomic mass is 10.0. The molecule has 1 aliphatic rings. The molecule has 1 atom stereocenters. The summed E-state index contributed by atoms with van der Waals surface area (Å²) < 4.78 is 30.6. The summed E-state index contributed by atoms with van der Waals surface area (Å²) in [6, 6.07) is 8.18. The van der Waals surface area contributed by atoms with Gasteiger partial charge in [-0.15, -0.1) is 0 Å². The van der Waals surface area contributed by atoms with Crippen LogP contribution in [-0.2, 0) is 26.0 Å². The van der Waals surface area contributed by atoms with Crippen LogP contribution in [0, 0.1) is 6.92 Å². The lowest BCUT2D eigenvalue weighted by Crippen LogP contribution is -2.38. The third-order valence-electron chi connectivity index (χ3n) is 4.57. The predicted molar refractivity (Wildman–Crippen MR) is 107 cm³/mol. The van der Waals surface area contributed by atoms with Crippen LogP contribution < -0.4 is 14.9 Å². The Bertz CT molecular complexity index is 1030. The lowest BCUT2D eigenvalue weighted by Gasteiger charge is -2.29. The van der Waals surface area contributed by atoms with Crippen molar-refractivity contribution in [3.63, 3.8) is 0 Å². The van der Waals surface area contributed by atoms with Crippen molar-refractivity contribution in [2.75, 3.05) is 29.0 Å². The molecule has 0 fully saturated rings. The van der Waals surface area contributed by atoms with Gasteiger partial charge in [0.25, 0.3) is 0 Å². The molecule has 0 unspecified atom stereocenters. The van der Waals surface area contributed by atoms with Crippen LogP contribution in [0.2, 0.25) is 0 Å². The Labute approximate surface area is 168 Å². The number of furan rings is 1. The summed E-state index contributed by atoms with van der Waals surface area (Å²) in [6.45, 7) is 1.91. The van der Waals surface area contributed by atoms with E-state index >= 15 is 0 Å². The molecule has 2 amide bonds. The summed E-state index contributed by atoms with van der Waals surface area (Å²) in [7, 11) is -3.44. The van der Waals surface area contributed by atoms with E-state index < -0.39 is 27.9 Å². The Hall–Kier alpha value is -2.85. The number of carbonyl (C=O) groups excluding carboxylic acids is 2. The molecular formula is C19H23N3O6S. The summed E-state index contributed by atoms with van der Waals surface area (Å²) in [6.07, 6.45) is 1.51. The van der Waals surface area contributed by atoms with Gasteiger partial charge in [-0.25, -0.2) is 8.42 Å². The van der Waals surface area contributed by atoms with E-state index in [1.165, 1.54) is 4.31 Å². The zero-order valence-corrected chi connectivity index (χ0v) is 17.0. The zero-order valence-electron chi connectivity index (χ0n) is 16.1. The summed E-state index contributed by atoms with van der Waals surface area (Å²) in [4.78, 5) is 24.2. The van der Waals surface area contributed by atoms with E-state index in [-0.39, 0.29) is 6.54 Å². The van der Waals surface area contributed by atoms with E-state index in [2.05, 4.69) is 10.6 Å². The highest BCUT2D eigenvalue weighted by Crippen LogP contribution is 2.31. The van der Waals surface area contributed by atoms with E-state index in [1.807, 2.05) is 0 Å². The molecule has 10 heteroatoms. The number of fused-ring (bicyclic) bond motifs is 1. The summed E-state index contributed by atoms with van der Waals surface area (Å²) in [5.41, 5.74) is 1.67.